The van der Waals surface area contributed by atoms with E-state index in [2.05, 4.69) is 20.4 Å². The number of nitrogens with one attached hydrogen (secondary N) is 1. The number of aromatic nitrogens is 4. The number of fused-ring (bicyclic) bond motifs is 1. The minimum atomic E-state index is -1.19. The first-order valence-corrected chi connectivity index (χ1v) is 8.51. The number of amides is 1. The maximum atomic E-state index is 12.2. The second kappa shape index (κ2) is 7.55. The van der Waals surface area contributed by atoms with Crippen molar-refractivity contribution in [1.82, 2.24) is 19.6 Å². The van der Waals surface area contributed by atoms with Crippen LogP contribution >= 0.6 is 0 Å². The highest BCUT2D eigenvalue weighted by molar-refractivity contribution is 5.96. The van der Waals surface area contributed by atoms with Crippen LogP contribution in [0.3, 0.4) is 0 Å². The zero-order chi connectivity index (χ0) is 21.2. The van der Waals surface area contributed by atoms with Crippen LogP contribution in [0, 0.1) is 16.7 Å². The van der Waals surface area contributed by atoms with E-state index >= 15 is 0 Å². The number of pyridine rings is 1. The third kappa shape index (κ3) is 3.84. The number of imidazole rings is 1. The van der Waals surface area contributed by atoms with Crippen LogP contribution in [0.5, 0.6) is 5.88 Å². The summed E-state index contributed by atoms with van der Waals surface area (Å²) in [4.78, 5) is 32.5. The van der Waals surface area contributed by atoms with Crippen molar-refractivity contribution < 1.29 is 19.1 Å². The van der Waals surface area contributed by atoms with Crippen LogP contribution < -0.4 is 10.1 Å². The van der Waals surface area contributed by atoms with Gasteiger partial charge in [-0.2, -0.15) is 10.4 Å². The molecule has 10 heteroatoms. The molecule has 0 bridgehead atoms. The van der Waals surface area contributed by atoms with Crippen LogP contribution in [-0.2, 0) is 9.53 Å². The normalized spacial score (nSPS) is 11.0. The molecule has 0 unspecified atom stereocenters. The first-order chi connectivity index (χ1) is 13.8. The molecule has 10 nitrogen and oxygen atoms in total. The average Bonchev–Trinajstić information content (AvgIpc) is 3.13. The van der Waals surface area contributed by atoms with Crippen LogP contribution in [-0.4, -0.2) is 45.7 Å². The van der Waals surface area contributed by atoms with Gasteiger partial charge in [-0.05, 0) is 32.0 Å². The summed E-state index contributed by atoms with van der Waals surface area (Å²) in [6, 6.07) is 6.92. The minimum absolute atomic E-state index is 0.148. The zero-order valence-corrected chi connectivity index (χ0v) is 16.3. The Labute approximate surface area is 166 Å². The topological polar surface area (TPSA) is 131 Å². The number of nitriles is 1. The number of nitrogens with zero attached hydrogens (tertiary/aromatic N) is 5. The monoisotopic (exact) mass is 394 g/mol. The van der Waals surface area contributed by atoms with E-state index in [1.54, 1.807) is 18.2 Å². The summed E-state index contributed by atoms with van der Waals surface area (Å²) in [7, 11) is 2.68. The van der Waals surface area contributed by atoms with Crippen molar-refractivity contribution in [2.24, 2.45) is 5.41 Å². The lowest BCUT2D eigenvalue weighted by Crippen LogP contribution is -2.29. The van der Waals surface area contributed by atoms with E-state index < -0.39 is 17.3 Å². The van der Waals surface area contributed by atoms with Gasteiger partial charge in [-0.25, -0.2) is 19.3 Å². The van der Waals surface area contributed by atoms with Gasteiger partial charge in [0.2, 0.25) is 11.8 Å². The number of methoxy groups -OCH3 is 2. The van der Waals surface area contributed by atoms with E-state index in [4.69, 9.17) is 14.7 Å². The van der Waals surface area contributed by atoms with Crippen LogP contribution in [0.25, 0.3) is 16.9 Å². The van der Waals surface area contributed by atoms with E-state index in [1.165, 1.54) is 45.0 Å². The fourth-order valence-corrected chi connectivity index (χ4v) is 2.43. The Bertz CT molecular complexity index is 1150. The molecule has 1 N–H and O–H groups in total. The summed E-state index contributed by atoms with van der Waals surface area (Å²) in [5.41, 5.74) is 0.566. The molecule has 1 amide bonds. The molecular formula is C19H18N6O4. The fraction of sp³-hybridized carbons (Fsp3) is 0.263. The smallest absolute Gasteiger partial charge is 0.343 e. The van der Waals surface area contributed by atoms with Gasteiger partial charge in [0.25, 0.3) is 0 Å². The number of rotatable bonds is 5. The SMILES string of the molecule is COC(=O)c1cc(-c2ccc3nc(NC(=O)C(C)(C)C#N)cn3n2)cnc1OC. The molecule has 0 saturated carbocycles. The molecule has 3 rings (SSSR count). The third-order valence-corrected chi connectivity index (χ3v) is 4.15. The van der Waals surface area contributed by atoms with Crippen molar-refractivity contribution in [2.75, 3.05) is 19.5 Å². The highest BCUT2D eigenvalue weighted by atomic mass is 16.5. The number of carbonyl (C=O) groups is 2. The first kappa shape index (κ1) is 19.8. The van der Waals surface area contributed by atoms with Gasteiger partial charge >= 0.3 is 5.97 Å². The van der Waals surface area contributed by atoms with Crippen molar-refractivity contribution in [2.45, 2.75) is 13.8 Å². The second-order valence-electron chi connectivity index (χ2n) is 6.61. The summed E-state index contributed by atoms with van der Waals surface area (Å²) < 4.78 is 11.3. The quantitative estimate of drug-likeness (QED) is 0.651. The predicted octanol–water partition coefficient (Wildman–Crippen LogP) is 2.07. The van der Waals surface area contributed by atoms with Crippen molar-refractivity contribution in [3.05, 3.63) is 36.2 Å². The Morgan fingerprint density at radius 2 is 2.03 bits per heavy atom. The van der Waals surface area contributed by atoms with Crippen LogP contribution in [0.4, 0.5) is 5.82 Å². The van der Waals surface area contributed by atoms with Gasteiger partial charge < -0.3 is 14.8 Å². The molecule has 3 aromatic rings. The molecule has 3 heterocycles. The van der Waals surface area contributed by atoms with Gasteiger partial charge in [0.05, 0.1) is 32.2 Å². The van der Waals surface area contributed by atoms with Gasteiger partial charge in [-0.15, -0.1) is 0 Å². The number of carbonyl (C=O) groups excluding carboxylic acids is 2. The van der Waals surface area contributed by atoms with Crippen LogP contribution in [0.15, 0.2) is 30.6 Å². The number of hydrogen-bond acceptors (Lipinski definition) is 8. The highest BCUT2D eigenvalue weighted by Crippen LogP contribution is 2.24. The Kier molecular flexibility index (Phi) is 5.14. The maximum Gasteiger partial charge on any atom is 0.343 e. The summed E-state index contributed by atoms with van der Waals surface area (Å²) >= 11 is 0. The first-order valence-electron chi connectivity index (χ1n) is 8.51. The second-order valence-corrected chi connectivity index (χ2v) is 6.61. The molecule has 0 saturated heterocycles. The van der Waals surface area contributed by atoms with Crippen molar-refractivity contribution in [1.29, 1.82) is 5.26 Å². The van der Waals surface area contributed by atoms with Crippen LogP contribution in [0.2, 0.25) is 0 Å². The standard InChI is InChI=1S/C19H18N6O4/c1-19(2,10-20)18(27)23-14-9-25-15(22-14)6-5-13(24-25)11-7-12(17(26)29-4)16(28-3)21-8-11/h5-9H,1-4H3,(H,23,27). The number of hydrogen-bond donors (Lipinski definition) is 1. The summed E-state index contributed by atoms with van der Waals surface area (Å²) in [5.74, 6) is -0.629. The largest absolute Gasteiger partial charge is 0.480 e. The Morgan fingerprint density at radius 1 is 1.28 bits per heavy atom. The van der Waals surface area contributed by atoms with E-state index in [0.29, 0.717) is 16.9 Å². The molecule has 0 aliphatic rings. The molecule has 0 aromatic carbocycles. The lowest BCUT2D eigenvalue weighted by molar-refractivity contribution is -0.121. The lowest BCUT2D eigenvalue weighted by Gasteiger charge is -2.12. The highest BCUT2D eigenvalue weighted by Gasteiger charge is 2.28. The van der Waals surface area contributed by atoms with Gasteiger partial charge in [0.15, 0.2) is 11.5 Å². The number of anilines is 1. The molecule has 3 aromatic heterocycles. The van der Waals surface area contributed by atoms with E-state index in [1.807, 2.05) is 6.07 Å². The lowest BCUT2D eigenvalue weighted by atomic mass is 9.95. The van der Waals surface area contributed by atoms with E-state index in [9.17, 15) is 9.59 Å². The number of esters is 1. The van der Waals surface area contributed by atoms with Gasteiger partial charge in [0, 0.05) is 11.8 Å². The summed E-state index contributed by atoms with van der Waals surface area (Å²) in [6.45, 7) is 3.04. The fourth-order valence-electron chi connectivity index (χ4n) is 2.43. The van der Waals surface area contributed by atoms with Gasteiger partial charge in [-0.1, -0.05) is 0 Å². The summed E-state index contributed by atoms with van der Waals surface area (Å²) in [5, 5.41) is 16.1. The molecule has 29 heavy (non-hydrogen) atoms. The summed E-state index contributed by atoms with van der Waals surface area (Å²) in [6.07, 6.45) is 3.05. The molecule has 148 valence electrons. The van der Waals surface area contributed by atoms with Crippen molar-refractivity contribution in [3.8, 4) is 23.2 Å². The Balaban J connectivity index is 1.96. The molecule has 0 atom stereocenters. The van der Waals surface area contributed by atoms with Crippen molar-refractivity contribution in [3.63, 3.8) is 0 Å². The molecule has 0 spiro atoms. The van der Waals surface area contributed by atoms with Crippen LogP contribution in [0.1, 0.15) is 24.2 Å². The Hall–Kier alpha value is -4.00. The average molecular weight is 394 g/mol. The Morgan fingerprint density at radius 3 is 2.69 bits per heavy atom. The van der Waals surface area contributed by atoms with Gasteiger partial charge in [-0.3, -0.25) is 4.79 Å². The van der Waals surface area contributed by atoms with E-state index in [-0.39, 0.29) is 17.3 Å². The molecule has 0 radical (unpaired) electrons. The van der Waals surface area contributed by atoms with Gasteiger partial charge in [0.1, 0.15) is 11.0 Å². The minimum Gasteiger partial charge on any atom is -0.480 e. The van der Waals surface area contributed by atoms with Crippen molar-refractivity contribution >= 4 is 23.3 Å². The van der Waals surface area contributed by atoms with E-state index in [0.717, 1.165) is 0 Å². The molecule has 0 aliphatic carbocycles. The number of ether oxygens (including phenoxy) is 2. The zero-order valence-electron chi connectivity index (χ0n) is 16.3. The predicted molar refractivity (Wildman–Crippen MR) is 102 cm³/mol. The maximum absolute atomic E-state index is 12.2. The molecular weight excluding hydrogens is 376 g/mol. The molecule has 0 aliphatic heterocycles. The third-order valence-electron chi connectivity index (χ3n) is 4.15. The molecule has 0 fully saturated rings.